The zero-order valence-electron chi connectivity index (χ0n) is 14.6. The monoisotopic (exact) mass is 379 g/mol. The number of ether oxygens (including phenoxy) is 1. The first-order valence-electron chi connectivity index (χ1n) is 8.34. The van der Waals surface area contributed by atoms with E-state index in [9.17, 15) is 13.6 Å². The van der Waals surface area contributed by atoms with E-state index in [2.05, 4.69) is 5.32 Å². The number of carbonyl (C=O) groups excluding carboxylic acids is 1. The van der Waals surface area contributed by atoms with Crippen molar-refractivity contribution < 1.29 is 18.3 Å². The van der Waals surface area contributed by atoms with E-state index in [1.165, 1.54) is 12.1 Å². The number of nitrogens with one attached hydrogen (secondary N) is 1. The maximum Gasteiger partial charge on any atom is 0.257 e. The van der Waals surface area contributed by atoms with Crippen molar-refractivity contribution in [3.63, 3.8) is 0 Å². The fourth-order valence-electron chi connectivity index (χ4n) is 3.42. The molecule has 2 aromatic rings. The third-order valence-corrected chi connectivity index (χ3v) is 5.38. The van der Waals surface area contributed by atoms with Crippen molar-refractivity contribution in [1.29, 1.82) is 0 Å². The van der Waals surface area contributed by atoms with Crippen molar-refractivity contribution in [2.24, 2.45) is 5.41 Å². The Morgan fingerprint density at radius 3 is 2.42 bits per heavy atom. The number of amides is 1. The molecule has 1 amide bonds. The van der Waals surface area contributed by atoms with Gasteiger partial charge in [0.1, 0.15) is 17.4 Å². The summed E-state index contributed by atoms with van der Waals surface area (Å²) in [7, 11) is 0. The van der Waals surface area contributed by atoms with E-state index >= 15 is 0 Å². The molecule has 0 aliphatic heterocycles. The first-order valence-corrected chi connectivity index (χ1v) is 8.72. The molecular weight excluding hydrogens is 360 g/mol. The van der Waals surface area contributed by atoms with Crippen LogP contribution < -0.4 is 10.1 Å². The summed E-state index contributed by atoms with van der Waals surface area (Å²) in [5.74, 6) is -0.956. The van der Waals surface area contributed by atoms with Gasteiger partial charge < -0.3 is 10.1 Å². The molecule has 6 heteroatoms. The number of benzene rings is 2. The zero-order valence-corrected chi connectivity index (χ0v) is 15.4. The van der Waals surface area contributed by atoms with Crippen LogP contribution in [0.2, 0.25) is 5.02 Å². The summed E-state index contributed by atoms with van der Waals surface area (Å²) in [5.41, 5.74) is -0.292. The van der Waals surface area contributed by atoms with E-state index in [0.29, 0.717) is 22.8 Å². The number of hydrogen-bond acceptors (Lipinski definition) is 2. The molecule has 0 bridgehead atoms. The van der Waals surface area contributed by atoms with Crippen molar-refractivity contribution in [1.82, 2.24) is 5.32 Å². The van der Waals surface area contributed by atoms with Crippen LogP contribution >= 0.6 is 11.6 Å². The van der Waals surface area contributed by atoms with E-state index in [0.717, 1.165) is 6.07 Å². The van der Waals surface area contributed by atoms with Crippen LogP contribution in [0.15, 0.2) is 42.5 Å². The van der Waals surface area contributed by atoms with Crippen LogP contribution in [-0.2, 0) is 10.2 Å². The van der Waals surface area contributed by atoms with Crippen LogP contribution in [0.3, 0.4) is 0 Å². The predicted molar refractivity (Wildman–Crippen MR) is 96.4 cm³/mol. The van der Waals surface area contributed by atoms with Gasteiger partial charge in [0, 0.05) is 23.0 Å². The minimum atomic E-state index is -0.611. The smallest absolute Gasteiger partial charge is 0.257 e. The lowest BCUT2D eigenvalue weighted by atomic mass is 9.87. The number of halogens is 3. The fourth-order valence-corrected chi connectivity index (χ4v) is 3.55. The standard InChI is InChI=1S/C20H20ClF2NO2/c1-19(2)11-20(19,16-8-5-14(22)9-17(16)23)12-24-18(25)10-26-15-6-3-13(21)4-7-15/h3-9H,10-12H2,1-2H3,(H,24,25). The summed E-state index contributed by atoms with van der Waals surface area (Å²) in [5, 5.41) is 3.40. The first-order chi connectivity index (χ1) is 12.2. The SMILES string of the molecule is CC1(C)CC1(CNC(=O)COc1ccc(Cl)cc1)c1ccc(F)cc1F. The second-order valence-corrected chi connectivity index (χ2v) is 7.72. The van der Waals surface area contributed by atoms with E-state index in [4.69, 9.17) is 16.3 Å². The van der Waals surface area contributed by atoms with Gasteiger partial charge in [0.2, 0.25) is 0 Å². The molecule has 26 heavy (non-hydrogen) atoms. The van der Waals surface area contributed by atoms with Gasteiger partial charge in [0.25, 0.3) is 5.91 Å². The van der Waals surface area contributed by atoms with Crippen molar-refractivity contribution in [3.05, 3.63) is 64.7 Å². The van der Waals surface area contributed by atoms with Gasteiger partial charge in [0.05, 0.1) is 0 Å². The maximum absolute atomic E-state index is 14.3. The molecule has 1 aliphatic rings. The number of rotatable bonds is 6. The van der Waals surface area contributed by atoms with Crippen molar-refractivity contribution in [2.45, 2.75) is 25.7 Å². The summed E-state index contributed by atoms with van der Waals surface area (Å²) in [6.07, 6.45) is 0.709. The van der Waals surface area contributed by atoms with Gasteiger partial charge in [-0.05, 0) is 47.7 Å². The molecule has 0 heterocycles. The molecule has 3 nitrogen and oxygen atoms in total. The Kier molecular flexibility index (Phi) is 4.93. The lowest BCUT2D eigenvalue weighted by molar-refractivity contribution is -0.123. The highest BCUT2D eigenvalue weighted by Gasteiger charge is 2.62. The highest BCUT2D eigenvalue weighted by molar-refractivity contribution is 6.30. The highest BCUT2D eigenvalue weighted by atomic mass is 35.5. The Hall–Kier alpha value is -2.14. The van der Waals surface area contributed by atoms with Crippen LogP contribution in [0, 0.1) is 17.0 Å². The zero-order chi connectivity index (χ0) is 18.9. The second kappa shape index (κ2) is 6.88. The first kappa shape index (κ1) is 18.6. The van der Waals surface area contributed by atoms with E-state index in [-0.39, 0.29) is 24.5 Å². The topological polar surface area (TPSA) is 38.3 Å². The molecule has 1 aliphatic carbocycles. The predicted octanol–water partition coefficient (Wildman–Crippen LogP) is 4.48. The Balaban J connectivity index is 1.62. The van der Waals surface area contributed by atoms with Gasteiger partial charge in [-0.25, -0.2) is 8.78 Å². The van der Waals surface area contributed by atoms with E-state index in [1.807, 2.05) is 13.8 Å². The van der Waals surface area contributed by atoms with Crippen molar-refractivity contribution >= 4 is 17.5 Å². The molecule has 1 unspecified atom stereocenters. The third kappa shape index (κ3) is 3.68. The Morgan fingerprint density at radius 1 is 1.19 bits per heavy atom. The Morgan fingerprint density at radius 2 is 1.85 bits per heavy atom. The molecule has 2 aromatic carbocycles. The number of carbonyl (C=O) groups is 1. The van der Waals surface area contributed by atoms with Gasteiger partial charge >= 0.3 is 0 Å². The second-order valence-electron chi connectivity index (χ2n) is 7.29. The Labute approximate surface area is 156 Å². The molecule has 1 fully saturated rings. The molecule has 0 aromatic heterocycles. The Bertz CT molecular complexity index is 823. The lowest BCUT2D eigenvalue weighted by Gasteiger charge is -2.22. The molecule has 3 rings (SSSR count). The quantitative estimate of drug-likeness (QED) is 0.803. The average Bonchev–Trinajstić information content (AvgIpc) is 3.14. The van der Waals surface area contributed by atoms with Gasteiger partial charge in [-0.3, -0.25) is 4.79 Å². The average molecular weight is 380 g/mol. The summed E-state index contributed by atoms with van der Waals surface area (Å²) in [4.78, 5) is 12.1. The maximum atomic E-state index is 14.3. The van der Waals surface area contributed by atoms with Crippen molar-refractivity contribution in [2.75, 3.05) is 13.2 Å². The molecule has 1 N–H and O–H groups in total. The van der Waals surface area contributed by atoms with Crippen LogP contribution in [-0.4, -0.2) is 19.1 Å². The lowest BCUT2D eigenvalue weighted by Crippen LogP contribution is -2.37. The van der Waals surface area contributed by atoms with Crippen LogP contribution in [0.25, 0.3) is 0 Å². The van der Waals surface area contributed by atoms with Gasteiger partial charge in [-0.1, -0.05) is 31.5 Å². The van der Waals surface area contributed by atoms with Gasteiger partial charge in [-0.2, -0.15) is 0 Å². The van der Waals surface area contributed by atoms with Crippen molar-refractivity contribution in [3.8, 4) is 5.75 Å². The van der Waals surface area contributed by atoms with Gasteiger partial charge in [0.15, 0.2) is 6.61 Å². The number of hydrogen-bond donors (Lipinski definition) is 1. The van der Waals surface area contributed by atoms with Crippen LogP contribution in [0.1, 0.15) is 25.8 Å². The molecule has 0 spiro atoms. The molecule has 1 atom stereocenters. The highest BCUT2D eigenvalue weighted by Crippen LogP contribution is 2.64. The van der Waals surface area contributed by atoms with E-state index in [1.54, 1.807) is 24.3 Å². The molecule has 0 radical (unpaired) electrons. The normalized spacial score (nSPS) is 20.5. The molecule has 1 saturated carbocycles. The van der Waals surface area contributed by atoms with Crippen LogP contribution in [0.5, 0.6) is 5.75 Å². The molecule has 0 saturated heterocycles. The minimum absolute atomic E-state index is 0.149. The van der Waals surface area contributed by atoms with Gasteiger partial charge in [-0.15, -0.1) is 0 Å². The van der Waals surface area contributed by atoms with Crippen LogP contribution in [0.4, 0.5) is 8.78 Å². The summed E-state index contributed by atoms with van der Waals surface area (Å²) < 4.78 is 32.9. The summed E-state index contributed by atoms with van der Waals surface area (Å²) >= 11 is 5.80. The molecule has 138 valence electrons. The minimum Gasteiger partial charge on any atom is -0.484 e. The van der Waals surface area contributed by atoms with E-state index < -0.39 is 17.0 Å². The third-order valence-electron chi connectivity index (χ3n) is 5.13. The summed E-state index contributed by atoms with van der Waals surface area (Å²) in [6, 6.07) is 10.3. The largest absolute Gasteiger partial charge is 0.484 e. The fraction of sp³-hybridized carbons (Fsp3) is 0.350. The summed E-state index contributed by atoms with van der Waals surface area (Å²) in [6.45, 7) is 4.13. The molecular formula is C20H20ClF2NO2.